The van der Waals surface area contributed by atoms with Gasteiger partial charge in [-0.2, -0.15) is 15.8 Å². The Kier molecular flexibility index (Phi) is 4.26. The largest absolute Gasteiger partial charge is 0.399 e. The molecule has 2 N–H and O–H groups in total. The van der Waals surface area contributed by atoms with Crippen LogP contribution in [0.5, 0.6) is 0 Å². The molecule has 0 saturated carbocycles. The molecule has 4 nitrogen and oxygen atoms in total. The quantitative estimate of drug-likeness (QED) is 0.833. The van der Waals surface area contributed by atoms with Crippen molar-refractivity contribution in [1.82, 2.24) is 0 Å². The minimum absolute atomic E-state index is 0.114. The van der Waals surface area contributed by atoms with E-state index in [1.807, 2.05) is 31.2 Å². The molecule has 130 valence electrons. The highest BCUT2D eigenvalue weighted by Crippen LogP contribution is 2.56. The van der Waals surface area contributed by atoms with Crippen LogP contribution < -0.4 is 5.73 Å². The van der Waals surface area contributed by atoms with Gasteiger partial charge >= 0.3 is 0 Å². The molecular formula is C20H16F2N4. The first-order chi connectivity index (χ1) is 12.4. The number of fused-ring (bicyclic) bond motifs is 1. The van der Waals surface area contributed by atoms with Crippen molar-refractivity contribution < 1.29 is 8.78 Å². The van der Waals surface area contributed by atoms with Gasteiger partial charge in [-0.25, -0.2) is 8.78 Å². The van der Waals surface area contributed by atoms with Crippen LogP contribution in [0.15, 0.2) is 41.1 Å². The van der Waals surface area contributed by atoms with E-state index in [1.165, 1.54) is 6.07 Å². The number of benzene rings is 1. The van der Waals surface area contributed by atoms with Crippen molar-refractivity contribution in [2.45, 2.75) is 25.7 Å². The molecule has 26 heavy (non-hydrogen) atoms. The fourth-order valence-electron chi connectivity index (χ4n) is 4.16. The van der Waals surface area contributed by atoms with Crippen LogP contribution in [0.4, 0.5) is 8.78 Å². The molecule has 1 aromatic carbocycles. The highest BCUT2D eigenvalue weighted by Gasteiger charge is 2.54. The Hall–Kier alpha value is -3.17. The number of hydrogen-bond donors (Lipinski definition) is 1. The maximum absolute atomic E-state index is 13.9. The Morgan fingerprint density at radius 2 is 1.85 bits per heavy atom. The molecule has 0 radical (unpaired) electrons. The third kappa shape index (κ3) is 2.37. The van der Waals surface area contributed by atoms with Crippen molar-refractivity contribution >= 4 is 0 Å². The van der Waals surface area contributed by atoms with E-state index < -0.39 is 23.0 Å². The molecule has 0 unspecified atom stereocenters. The van der Waals surface area contributed by atoms with Gasteiger partial charge in [-0.15, -0.1) is 0 Å². The molecule has 0 aromatic heterocycles. The fraction of sp³-hybridized carbons (Fsp3) is 0.350. The monoisotopic (exact) mass is 350 g/mol. The normalized spacial score (nSPS) is 26.8. The Morgan fingerprint density at radius 3 is 2.42 bits per heavy atom. The summed E-state index contributed by atoms with van der Waals surface area (Å²) in [5.74, 6) is -2.90. The second-order valence-corrected chi connectivity index (χ2v) is 6.93. The van der Waals surface area contributed by atoms with Crippen LogP contribution in [0.25, 0.3) is 0 Å². The van der Waals surface area contributed by atoms with Crippen molar-refractivity contribution in [2.24, 2.45) is 23.0 Å². The number of allylic oxidation sites excluding steroid dienone is 4. The SMILES string of the molecule is C[C@@H]1CC=C2C(C#N)=C(N)C(C#N)(C#N)[C@@H](c3ccc(F)c(F)c3)[C@H]2C1. The lowest BCUT2D eigenvalue weighted by Gasteiger charge is -2.44. The lowest BCUT2D eigenvalue weighted by Crippen LogP contribution is -2.43. The summed E-state index contributed by atoms with van der Waals surface area (Å²) in [7, 11) is 0. The standard InChI is InChI=1S/C20H16F2N4/c1-11-2-4-13-14(6-11)18(12-3-5-16(21)17(22)7-12)20(9-24,10-25)19(26)15(13)8-23/h3-5,7,11,14,18H,2,6,26H2,1H3/t11-,14+,18+/m1/s1. The van der Waals surface area contributed by atoms with Crippen molar-refractivity contribution in [1.29, 1.82) is 15.8 Å². The first-order valence-electron chi connectivity index (χ1n) is 8.27. The van der Waals surface area contributed by atoms with Gasteiger partial charge in [0.05, 0.1) is 23.4 Å². The van der Waals surface area contributed by atoms with Crippen molar-refractivity contribution in [2.75, 3.05) is 0 Å². The van der Waals surface area contributed by atoms with Crippen molar-refractivity contribution in [3.05, 3.63) is 58.3 Å². The first kappa shape index (κ1) is 17.6. The summed E-state index contributed by atoms with van der Waals surface area (Å²) in [4.78, 5) is 0. The Balaban J connectivity index is 2.34. The van der Waals surface area contributed by atoms with Crippen molar-refractivity contribution in [3.63, 3.8) is 0 Å². The van der Waals surface area contributed by atoms with E-state index in [-0.39, 0.29) is 23.1 Å². The van der Waals surface area contributed by atoms with Gasteiger partial charge in [-0.1, -0.05) is 19.1 Å². The summed E-state index contributed by atoms with van der Waals surface area (Å²) in [6.07, 6.45) is 3.29. The van der Waals surface area contributed by atoms with Gasteiger partial charge in [0.2, 0.25) is 0 Å². The average molecular weight is 350 g/mol. The molecule has 0 spiro atoms. The lowest BCUT2D eigenvalue weighted by molar-refractivity contribution is 0.283. The van der Waals surface area contributed by atoms with Gasteiger partial charge in [0, 0.05) is 5.92 Å². The molecule has 0 saturated heterocycles. The highest BCUT2D eigenvalue weighted by molar-refractivity contribution is 5.59. The molecule has 0 heterocycles. The van der Waals surface area contributed by atoms with Crippen molar-refractivity contribution in [3.8, 4) is 18.2 Å². The van der Waals surface area contributed by atoms with Gasteiger partial charge < -0.3 is 5.73 Å². The third-order valence-electron chi connectivity index (χ3n) is 5.41. The Labute approximate surface area is 150 Å². The summed E-state index contributed by atoms with van der Waals surface area (Å²) in [5.41, 5.74) is 5.39. The zero-order valence-electron chi connectivity index (χ0n) is 14.1. The maximum atomic E-state index is 13.9. The van der Waals surface area contributed by atoms with Crippen LogP contribution in [0.1, 0.15) is 31.2 Å². The van der Waals surface area contributed by atoms with E-state index in [0.717, 1.165) is 18.6 Å². The summed E-state index contributed by atoms with van der Waals surface area (Å²) < 4.78 is 27.3. The number of hydrogen-bond acceptors (Lipinski definition) is 4. The maximum Gasteiger partial charge on any atom is 0.191 e. The molecule has 0 bridgehead atoms. The van der Waals surface area contributed by atoms with E-state index in [9.17, 15) is 24.6 Å². The molecule has 3 rings (SSSR count). The Morgan fingerprint density at radius 1 is 1.15 bits per heavy atom. The fourth-order valence-corrected chi connectivity index (χ4v) is 4.16. The second kappa shape index (κ2) is 6.28. The van der Waals surface area contributed by atoms with Gasteiger partial charge in [0.25, 0.3) is 0 Å². The topological polar surface area (TPSA) is 97.4 Å². The number of halogens is 2. The molecular weight excluding hydrogens is 334 g/mol. The van der Waals surface area contributed by atoms with Crippen LogP contribution >= 0.6 is 0 Å². The smallest absolute Gasteiger partial charge is 0.191 e. The third-order valence-corrected chi connectivity index (χ3v) is 5.41. The lowest BCUT2D eigenvalue weighted by atomic mass is 9.56. The molecule has 6 heteroatoms. The van der Waals surface area contributed by atoms with Gasteiger partial charge in [0.1, 0.15) is 6.07 Å². The average Bonchev–Trinajstić information content (AvgIpc) is 2.63. The zero-order valence-corrected chi connectivity index (χ0v) is 14.1. The van der Waals surface area contributed by atoms with Crippen LogP contribution in [0, 0.1) is 62.9 Å². The van der Waals surface area contributed by atoms with E-state index in [4.69, 9.17) is 5.73 Å². The second-order valence-electron chi connectivity index (χ2n) is 6.93. The van der Waals surface area contributed by atoms with Crippen LogP contribution in [-0.2, 0) is 0 Å². The molecule has 2 aliphatic carbocycles. The summed E-state index contributed by atoms with van der Waals surface area (Å²) in [6.45, 7) is 2.03. The van der Waals surface area contributed by atoms with Gasteiger partial charge in [0.15, 0.2) is 17.0 Å². The van der Waals surface area contributed by atoms with E-state index in [1.54, 1.807) is 0 Å². The Bertz CT molecular complexity index is 941. The molecule has 0 fully saturated rings. The number of nitrogens with two attached hydrogens (primary N) is 1. The summed E-state index contributed by atoms with van der Waals surface area (Å²) in [5, 5.41) is 29.3. The number of rotatable bonds is 1. The summed E-state index contributed by atoms with van der Waals surface area (Å²) in [6, 6.07) is 9.37. The van der Waals surface area contributed by atoms with Gasteiger partial charge in [-0.05, 0) is 47.9 Å². The van der Waals surface area contributed by atoms with E-state index in [0.29, 0.717) is 17.6 Å². The molecule has 0 aliphatic heterocycles. The zero-order chi connectivity index (χ0) is 19.1. The highest BCUT2D eigenvalue weighted by atomic mass is 19.2. The molecule has 1 aromatic rings. The molecule has 2 aliphatic rings. The van der Waals surface area contributed by atoms with E-state index in [2.05, 4.69) is 0 Å². The van der Waals surface area contributed by atoms with Crippen LogP contribution in [0.2, 0.25) is 0 Å². The van der Waals surface area contributed by atoms with Gasteiger partial charge in [-0.3, -0.25) is 0 Å². The predicted molar refractivity (Wildman–Crippen MR) is 89.6 cm³/mol. The van der Waals surface area contributed by atoms with Crippen LogP contribution in [0.3, 0.4) is 0 Å². The first-order valence-corrected chi connectivity index (χ1v) is 8.27. The number of nitriles is 3. The minimum Gasteiger partial charge on any atom is -0.399 e. The van der Waals surface area contributed by atoms with E-state index >= 15 is 0 Å². The summed E-state index contributed by atoms with van der Waals surface area (Å²) >= 11 is 0. The molecule has 3 atom stereocenters. The minimum atomic E-state index is -1.81. The van der Waals surface area contributed by atoms with Crippen LogP contribution in [-0.4, -0.2) is 0 Å². The number of nitrogens with zero attached hydrogens (tertiary/aromatic N) is 3. The molecule has 0 amide bonds. The predicted octanol–water partition coefficient (Wildman–Crippen LogP) is 3.80.